The van der Waals surface area contributed by atoms with Crippen molar-refractivity contribution in [2.45, 2.75) is 19.9 Å². The summed E-state index contributed by atoms with van der Waals surface area (Å²) < 4.78 is 7.77. The molecule has 4 aromatic rings. The minimum atomic E-state index is -0.566. The molecule has 0 amide bonds. The predicted molar refractivity (Wildman–Crippen MR) is 121 cm³/mol. The Hall–Kier alpha value is -3.94. The van der Waals surface area contributed by atoms with Crippen LogP contribution >= 0.6 is 0 Å². The first-order valence-electron chi connectivity index (χ1n) is 9.76. The molecule has 1 N–H and O–H groups in total. The van der Waals surface area contributed by atoms with Crippen molar-refractivity contribution in [3.63, 3.8) is 0 Å². The number of pyridine rings is 2. The summed E-state index contributed by atoms with van der Waals surface area (Å²) in [5.41, 5.74) is 3.90. The molecule has 0 unspecified atom stereocenters. The molecule has 4 rings (SSSR count). The molecule has 1 aromatic carbocycles. The van der Waals surface area contributed by atoms with Gasteiger partial charge in [0.1, 0.15) is 11.3 Å². The lowest BCUT2D eigenvalue weighted by Gasteiger charge is -2.15. The number of allylic oxidation sites excluding steroid dienone is 1. The van der Waals surface area contributed by atoms with Gasteiger partial charge in [-0.1, -0.05) is 12.6 Å². The lowest BCUT2D eigenvalue weighted by Crippen LogP contribution is -2.26. The van der Waals surface area contributed by atoms with Gasteiger partial charge in [0.15, 0.2) is 0 Å². The predicted octanol–water partition coefficient (Wildman–Crippen LogP) is 3.71. The highest BCUT2D eigenvalue weighted by Crippen LogP contribution is 2.34. The van der Waals surface area contributed by atoms with Gasteiger partial charge in [0.25, 0.3) is 0 Å². The molecule has 3 heterocycles. The highest BCUT2D eigenvalue weighted by molar-refractivity contribution is 6.23. The van der Waals surface area contributed by atoms with E-state index in [-0.39, 0.29) is 0 Å². The lowest BCUT2D eigenvalue weighted by molar-refractivity contribution is 0.183. The smallest absolute Gasteiger partial charge is 0.362 e. The third-order valence-electron chi connectivity index (χ3n) is 5.60. The van der Waals surface area contributed by atoms with Crippen LogP contribution in [0.15, 0.2) is 59.1 Å². The maximum Gasteiger partial charge on any atom is 0.362 e. The SMILES string of the molecule is C=C(C(C)=NC)c1cc2ncc3c(c2cc1OC)n([C@H](C)c1ccccn1)c(=O)n3O. The van der Waals surface area contributed by atoms with Crippen LogP contribution in [0.25, 0.3) is 27.5 Å². The Bertz CT molecular complexity index is 1400. The Morgan fingerprint density at radius 1 is 1.29 bits per heavy atom. The third kappa shape index (κ3) is 3.16. The fourth-order valence-corrected chi connectivity index (χ4v) is 3.75. The molecular formula is C23H23N5O3. The highest BCUT2D eigenvalue weighted by atomic mass is 16.5. The summed E-state index contributed by atoms with van der Waals surface area (Å²) in [6.07, 6.45) is 3.16. The first-order valence-corrected chi connectivity index (χ1v) is 9.76. The maximum absolute atomic E-state index is 13.0. The second-order valence-corrected chi connectivity index (χ2v) is 7.24. The zero-order valence-corrected chi connectivity index (χ0v) is 17.8. The highest BCUT2D eigenvalue weighted by Gasteiger charge is 2.23. The molecule has 0 saturated heterocycles. The van der Waals surface area contributed by atoms with E-state index in [2.05, 4.69) is 21.5 Å². The van der Waals surface area contributed by atoms with Crippen LogP contribution in [0.1, 0.15) is 31.1 Å². The average Bonchev–Trinajstić information content (AvgIpc) is 3.07. The topological polar surface area (TPSA) is 94.5 Å². The summed E-state index contributed by atoms with van der Waals surface area (Å²) in [7, 11) is 3.28. The van der Waals surface area contributed by atoms with Crippen molar-refractivity contribution in [1.82, 2.24) is 19.3 Å². The van der Waals surface area contributed by atoms with Crippen LogP contribution in [0, 0.1) is 0 Å². The average molecular weight is 417 g/mol. The van der Waals surface area contributed by atoms with E-state index < -0.39 is 11.7 Å². The maximum atomic E-state index is 13.0. The zero-order chi connectivity index (χ0) is 22.3. The van der Waals surface area contributed by atoms with Gasteiger partial charge in [0, 0.05) is 29.9 Å². The minimum Gasteiger partial charge on any atom is -0.496 e. The molecule has 3 aromatic heterocycles. The van der Waals surface area contributed by atoms with Crippen LogP contribution in [-0.2, 0) is 0 Å². The van der Waals surface area contributed by atoms with Gasteiger partial charge in [-0.3, -0.25) is 19.5 Å². The molecule has 0 aliphatic carbocycles. The molecular weight excluding hydrogens is 394 g/mol. The summed E-state index contributed by atoms with van der Waals surface area (Å²) in [6, 6.07) is 8.78. The van der Waals surface area contributed by atoms with E-state index in [1.165, 1.54) is 10.8 Å². The van der Waals surface area contributed by atoms with Crippen molar-refractivity contribution in [3.05, 3.63) is 71.0 Å². The molecule has 0 radical (unpaired) electrons. The molecule has 0 saturated carbocycles. The van der Waals surface area contributed by atoms with Gasteiger partial charge in [-0.05, 0) is 43.7 Å². The number of fused-ring (bicyclic) bond motifs is 3. The normalized spacial score (nSPS) is 13.0. The fourth-order valence-electron chi connectivity index (χ4n) is 3.75. The molecule has 1 atom stereocenters. The van der Waals surface area contributed by atoms with Crippen molar-refractivity contribution in [1.29, 1.82) is 0 Å². The fraction of sp³-hybridized carbons (Fsp3) is 0.217. The number of imidazole rings is 1. The van der Waals surface area contributed by atoms with Gasteiger partial charge in [0.05, 0.1) is 36.1 Å². The molecule has 158 valence electrons. The zero-order valence-electron chi connectivity index (χ0n) is 17.8. The van der Waals surface area contributed by atoms with E-state index in [1.54, 1.807) is 20.4 Å². The largest absolute Gasteiger partial charge is 0.496 e. The van der Waals surface area contributed by atoms with E-state index in [0.717, 1.165) is 16.8 Å². The number of aliphatic imine (C=N–C) groups is 1. The molecule has 8 nitrogen and oxygen atoms in total. The van der Waals surface area contributed by atoms with E-state index in [1.807, 2.05) is 44.2 Å². The van der Waals surface area contributed by atoms with Crippen LogP contribution in [-0.4, -0.2) is 44.3 Å². The van der Waals surface area contributed by atoms with Crippen molar-refractivity contribution >= 4 is 33.2 Å². The van der Waals surface area contributed by atoms with Gasteiger partial charge in [-0.15, -0.1) is 4.73 Å². The monoisotopic (exact) mass is 417 g/mol. The standard InChI is InChI=1S/C23H23N5O3/c1-13(14(2)24-4)16-10-19-17(11-21(16)31-5)22-20(12-26-19)28(30)23(29)27(22)15(3)18-8-6-7-9-25-18/h6-12,15,30H,1H2,2-5H3/t15-/m1/s1. The Balaban J connectivity index is 2.07. The van der Waals surface area contributed by atoms with Gasteiger partial charge in [0.2, 0.25) is 0 Å². The molecule has 0 fully saturated rings. The molecule has 0 bridgehead atoms. The van der Waals surface area contributed by atoms with Crippen LogP contribution < -0.4 is 10.4 Å². The molecule has 31 heavy (non-hydrogen) atoms. The summed E-state index contributed by atoms with van der Waals surface area (Å²) in [4.78, 5) is 26.0. The number of hydrogen-bond donors (Lipinski definition) is 1. The first kappa shape index (κ1) is 20.3. The number of ether oxygens (including phenoxy) is 1. The number of aromatic nitrogens is 4. The van der Waals surface area contributed by atoms with Gasteiger partial charge in [-0.25, -0.2) is 4.79 Å². The number of hydrogen-bond acceptors (Lipinski definition) is 6. The van der Waals surface area contributed by atoms with Crippen LogP contribution in [0.5, 0.6) is 5.75 Å². The summed E-state index contributed by atoms with van der Waals surface area (Å²) in [5.74, 6) is 0.574. The third-order valence-corrected chi connectivity index (χ3v) is 5.60. The van der Waals surface area contributed by atoms with E-state index >= 15 is 0 Å². The number of benzene rings is 1. The molecule has 0 aliphatic rings. The van der Waals surface area contributed by atoms with E-state index in [0.29, 0.717) is 38.1 Å². The number of rotatable bonds is 5. The van der Waals surface area contributed by atoms with Crippen LogP contribution in [0.2, 0.25) is 0 Å². The van der Waals surface area contributed by atoms with Crippen molar-refractivity contribution < 1.29 is 9.94 Å². The van der Waals surface area contributed by atoms with Crippen LogP contribution in [0.3, 0.4) is 0 Å². The van der Waals surface area contributed by atoms with Crippen molar-refractivity contribution in [3.8, 4) is 5.75 Å². The Morgan fingerprint density at radius 2 is 2.06 bits per heavy atom. The number of nitrogens with zero attached hydrogens (tertiary/aromatic N) is 5. The molecule has 8 heteroatoms. The van der Waals surface area contributed by atoms with Crippen molar-refractivity contribution in [2.75, 3.05) is 14.2 Å². The van der Waals surface area contributed by atoms with Crippen molar-refractivity contribution in [2.24, 2.45) is 4.99 Å². The summed E-state index contributed by atoms with van der Waals surface area (Å²) in [5, 5.41) is 11.1. The Morgan fingerprint density at radius 3 is 2.71 bits per heavy atom. The summed E-state index contributed by atoms with van der Waals surface area (Å²) >= 11 is 0. The first-order chi connectivity index (χ1) is 14.9. The van der Waals surface area contributed by atoms with Gasteiger partial charge >= 0.3 is 5.69 Å². The Kier molecular flexibility index (Phi) is 5.06. The second-order valence-electron chi connectivity index (χ2n) is 7.24. The van der Waals surface area contributed by atoms with Gasteiger partial charge in [-0.2, -0.15) is 0 Å². The summed E-state index contributed by atoms with van der Waals surface area (Å²) in [6.45, 7) is 7.87. The lowest BCUT2D eigenvalue weighted by atomic mass is 10.00. The van der Waals surface area contributed by atoms with Crippen LogP contribution in [0.4, 0.5) is 0 Å². The van der Waals surface area contributed by atoms with Gasteiger partial charge < -0.3 is 9.94 Å². The minimum absolute atomic E-state index is 0.306. The Labute approximate surface area is 178 Å². The molecule has 0 spiro atoms. The quantitative estimate of drug-likeness (QED) is 0.395. The van der Waals surface area contributed by atoms with E-state index in [9.17, 15) is 10.0 Å². The van der Waals surface area contributed by atoms with E-state index in [4.69, 9.17) is 4.74 Å². The molecule has 0 aliphatic heterocycles. The second kappa shape index (κ2) is 7.71. The number of methoxy groups -OCH3 is 1.